The van der Waals surface area contributed by atoms with Gasteiger partial charge in [0.2, 0.25) is 0 Å². The van der Waals surface area contributed by atoms with Crippen LogP contribution in [0.25, 0.3) is 0 Å². The molecule has 1 aromatic heterocycles. The van der Waals surface area contributed by atoms with Crippen molar-refractivity contribution in [1.29, 1.82) is 0 Å². The minimum absolute atomic E-state index is 0.190. The molecular formula is C12H17NO. The fourth-order valence-corrected chi connectivity index (χ4v) is 1.88. The molecule has 0 saturated heterocycles. The van der Waals surface area contributed by atoms with Crippen LogP contribution in [0.4, 0.5) is 0 Å². The number of pyridine rings is 1. The molecule has 0 amide bonds. The van der Waals surface area contributed by atoms with Crippen LogP contribution in [0, 0.1) is 11.8 Å². The summed E-state index contributed by atoms with van der Waals surface area (Å²) in [6.07, 6.45) is 6.74. The number of aliphatic hydroxyl groups is 1. The van der Waals surface area contributed by atoms with Crippen molar-refractivity contribution < 1.29 is 5.11 Å². The van der Waals surface area contributed by atoms with Crippen molar-refractivity contribution >= 4 is 0 Å². The Morgan fingerprint density at radius 2 is 2.07 bits per heavy atom. The highest BCUT2D eigenvalue weighted by Gasteiger charge is 2.32. The van der Waals surface area contributed by atoms with Crippen molar-refractivity contribution in [3.8, 4) is 0 Å². The topological polar surface area (TPSA) is 33.1 Å². The zero-order valence-electron chi connectivity index (χ0n) is 8.56. The average Bonchev–Trinajstić information content (AvgIpc) is 3.01. The van der Waals surface area contributed by atoms with Gasteiger partial charge in [-0.25, -0.2) is 0 Å². The quantitative estimate of drug-likeness (QED) is 0.790. The standard InChI is InChI=1S/C12H17NO/c1-9(11-2-3-11)12(14)8-10-4-6-13-7-5-10/h4-7,9,11-12,14H,2-3,8H2,1H3. The third kappa shape index (κ3) is 2.32. The van der Waals surface area contributed by atoms with Gasteiger partial charge in [0.1, 0.15) is 0 Å². The minimum Gasteiger partial charge on any atom is -0.392 e. The van der Waals surface area contributed by atoms with E-state index in [-0.39, 0.29) is 6.10 Å². The van der Waals surface area contributed by atoms with E-state index in [0.29, 0.717) is 5.92 Å². The second kappa shape index (κ2) is 4.09. The van der Waals surface area contributed by atoms with E-state index in [1.165, 1.54) is 18.4 Å². The third-order valence-electron chi connectivity index (χ3n) is 3.17. The first-order valence-electron chi connectivity index (χ1n) is 5.34. The summed E-state index contributed by atoms with van der Waals surface area (Å²) < 4.78 is 0. The van der Waals surface area contributed by atoms with Crippen LogP contribution in [0.1, 0.15) is 25.3 Å². The normalized spacial score (nSPS) is 20.4. The lowest BCUT2D eigenvalue weighted by atomic mass is 9.94. The number of hydrogen-bond acceptors (Lipinski definition) is 2. The summed E-state index contributed by atoms with van der Waals surface area (Å²) in [5, 5.41) is 9.96. The number of hydrogen-bond donors (Lipinski definition) is 1. The number of aliphatic hydroxyl groups excluding tert-OH is 1. The molecular weight excluding hydrogens is 174 g/mol. The molecule has 1 heterocycles. The molecule has 0 radical (unpaired) electrons. The highest BCUT2D eigenvalue weighted by Crippen LogP contribution is 2.38. The molecule has 0 aromatic carbocycles. The van der Waals surface area contributed by atoms with Gasteiger partial charge in [0, 0.05) is 12.4 Å². The summed E-state index contributed by atoms with van der Waals surface area (Å²) >= 11 is 0. The van der Waals surface area contributed by atoms with E-state index in [0.717, 1.165) is 12.3 Å². The maximum absolute atomic E-state index is 9.96. The Balaban J connectivity index is 1.90. The van der Waals surface area contributed by atoms with Crippen molar-refractivity contribution in [3.63, 3.8) is 0 Å². The Labute approximate surface area is 85.0 Å². The van der Waals surface area contributed by atoms with Crippen LogP contribution >= 0.6 is 0 Å². The van der Waals surface area contributed by atoms with E-state index in [2.05, 4.69) is 11.9 Å². The first-order chi connectivity index (χ1) is 6.77. The predicted octanol–water partition coefficient (Wildman–Crippen LogP) is 2.03. The summed E-state index contributed by atoms with van der Waals surface area (Å²) in [7, 11) is 0. The van der Waals surface area contributed by atoms with E-state index >= 15 is 0 Å². The monoisotopic (exact) mass is 191 g/mol. The van der Waals surface area contributed by atoms with Crippen LogP contribution in [-0.4, -0.2) is 16.2 Å². The van der Waals surface area contributed by atoms with Gasteiger partial charge in [-0.3, -0.25) is 4.98 Å². The number of nitrogens with zero attached hydrogens (tertiary/aromatic N) is 1. The molecule has 0 aliphatic heterocycles. The smallest absolute Gasteiger partial charge is 0.0608 e. The van der Waals surface area contributed by atoms with Crippen LogP contribution in [0.5, 0.6) is 0 Å². The van der Waals surface area contributed by atoms with Gasteiger partial charge in [0.15, 0.2) is 0 Å². The second-order valence-corrected chi connectivity index (χ2v) is 4.32. The molecule has 2 unspecified atom stereocenters. The van der Waals surface area contributed by atoms with Gasteiger partial charge in [-0.15, -0.1) is 0 Å². The van der Waals surface area contributed by atoms with Crippen molar-refractivity contribution in [2.75, 3.05) is 0 Å². The van der Waals surface area contributed by atoms with Crippen molar-refractivity contribution in [3.05, 3.63) is 30.1 Å². The van der Waals surface area contributed by atoms with Gasteiger partial charge in [0.25, 0.3) is 0 Å². The van der Waals surface area contributed by atoms with Crippen LogP contribution in [0.3, 0.4) is 0 Å². The number of aromatic nitrogens is 1. The van der Waals surface area contributed by atoms with Gasteiger partial charge in [-0.2, -0.15) is 0 Å². The fourth-order valence-electron chi connectivity index (χ4n) is 1.88. The van der Waals surface area contributed by atoms with Crippen LogP contribution in [0.2, 0.25) is 0 Å². The largest absolute Gasteiger partial charge is 0.392 e. The molecule has 0 bridgehead atoms. The Kier molecular flexibility index (Phi) is 2.82. The Morgan fingerprint density at radius 1 is 1.43 bits per heavy atom. The molecule has 1 aliphatic carbocycles. The summed E-state index contributed by atoms with van der Waals surface area (Å²) in [6, 6.07) is 3.95. The zero-order valence-corrected chi connectivity index (χ0v) is 8.56. The van der Waals surface area contributed by atoms with Gasteiger partial charge in [-0.1, -0.05) is 6.92 Å². The maximum atomic E-state index is 9.96. The van der Waals surface area contributed by atoms with Gasteiger partial charge in [0.05, 0.1) is 6.10 Å². The summed E-state index contributed by atoms with van der Waals surface area (Å²) in [5.41, 5.74) is 1.18. The zero-order chi connectivity index (χ0) is 9.97. The molecule has 1 aliphatic rings. The minimum atomic E-state index is -0.190. The Morgan fingerprint density at radius 3 is 2.64 bits per heavy atom. The Bertz CT molecular complexity index is 282. The van der Waals surface area contributed by atoms with Crippen molar-refractivity contribution in [2.24, 2.45) is 11.8 Å². The third-order valence-corrected chi connectivity index (χ3v) is 3.17. The molecule has 1 fully saturated rings. The molecule has 0 spiro atoms. The first-order valence-corrected chi connectivity index (χ1v) is 5.34. The molecule has 1 N–H and O–H groups in total. The van der Waals surface area contributed by atoms with Crippen molar-refractivity contribution in [1.82, 2.24) is 4.98 Å². The van der Waals surface area contributed by atoms with E-state index in [1.54, 1.807) is 12.4 Å². The van der Waals surface area contributed by atoms with Gasteiger partial charge >= 0.3 is 0 Å². The summed E-state index contributed by atoms with van der Waals surface area (Å²) in [6.45, 7) is 2.16. The SMILES string of the molecule is CC(C(O)Cc1ccncc1)C1CC1. The molecule has 14 heavy (non-hydrogen) atoms. The average molecular weight is 191 g/mol. The molecule has 76 valence electrons. The molecule has 2 heteroatoms. The van der Waals surface area contributed by atoms with E-state index < -0.39 is 0 Å². The van der Waals surface area contributed by atoms with E-state index in [1.807, 2.05) is 12.1 Å². The van der Waals surface area contributed by atoms with Crippen molar-refractivity contribution in [2.45, 2.75) is 32.3 Å². The Hall–Kier alpha value is -0.890. The molecule has 2 nitrogen and oxygen atoms in total. The second-order valence-electron chi connectivity index (χ2n) is 4.32. The molecule has 2 rings (SSSR count). The van der Waals surface area contributed by atoms with Gasteiger partial charge < -0.3 is 5.11 Å². The van der Waals surface area contributed by atoms with Crippen LogP contribution in [0.15, 0.2) is 24.5 Å². The maximum Gasteiger partial charge on any atom is 0.0608 e. The highest BCUT2D eigenvalue weighted by molar-refractivity contribution is 5.11. The summed E-state index contributed by atoms with van der Waals surface area (Å²) in [5.74, 6) is 1.22. The lowest BCUT2D eigenvalue weighted by molar-refractivity contribution is 0.105. The fraction of sp³-hybridized carbons (Fsp3) is 0.583. The van der Waals surface area contributed by atoms with Gasteiger partial charge in [-0.05, 0) is 48.8 Å². The molecule has 2 atom stereocenters. The lowest BCUT2D eigenvalue weighted by Gasteiger charge is -2.18. The first kappa shape index (κ1) is 9.66. The summed E-state index contributed by atoms with van der Waals surface area (Å²) in [4.78, 5) is 3.96. The molecule has 1 saturated carbocycles. The molecule has 1 aromatic rings. The van der Waals surface area contributed by atoms with Crippen LogP contribution in [-0.2, 0) is 6.42 Å². The number of rotatable bonds is 4. The van der Waals surface area contributed by atoms with Crippen LogP contribution < -0.4 is 0 Å². The predicted molar refractivity (Wildman–Crippen MR) is 55.8 cm³/mol. The highest BCUT2D eigenvalue weighted by atomic mass is 16.3. The van der Waals surface area contributed by atoms with E-state index in [9.17, 15) is 5.11 Å². The van der Waals surface area contributed by atoms with E-state index in [4.69, 9.17) is 0 Å². The lowest BCUT2D eigenvalue weighted by Crippen LogP contribution is -2.21.